The maximum Gasteiger partial charge on any atom is 0.410 e. The molecule has 2 aliphatic rings. The molecule has 0 aromatic carbocycles. The van der Waals surface area contributed by atoms with E-state index in [1.807, 2.05) is 7.05 Å². The van der Waals surface area contributed by atoms with Crippen molar-refractivity contribution in [3.63, 3.8) is 0 Å². The number of carbonyl (C=O) groups excluding carboxylic acids is 1. The number of nitrogens with one attached hydrogen (secondary N) is 1. The molecule has 26 heavy (non-hydrogen) atoms. The summed E-state index contributed by atoms with van der Waals surface area (Å²) >= 11 is 1.65. The van der Waals surface area contributed by atoms with E-state index in [-0.39, 0.29) is 18.2 Å². The predicted molar refractivity (Wildman–Crippen MR) is 103 cm³/mol. The minimum Gasteiger partial charge on any atom is -0.446 e. The van der Waals surface area contributed by atoms with E-state index in [1.54, 1.807) is 22.6 Å². The Bertz CT molecular complexity index is 789. The zero-order valence-electron chi connectivity index (χ0n) is 15.3. The fourth-order valence-electron chi connectivity index (χ4n) is 3.78. The molecule has 2 aromatic rings. The van der Waals surface area contributed by atoms with Gasteiger partial charge in [0.05, 0.1) is 11.4 Å². The lowest BCUT2D eigenvalue weighted by Gasteiger charge is -2.29. The highest BCUT2D eigenvalue weighted by molar-refractivity contribution is 7.17. The fourth-order valence-corrected chi connectivity index (χ4v) is 4.66. The average molecular weight is 375 g/mol. The molecule has 4 heterocycles. The molecule has 0 aliphatic carbocycles. The summed E-state index contributed by atoms with van der Waals surface area (Å²) in [7, 11) is 1.85. The number of hydrogen-bond donors (Lipinski definition) is 1. The normalized spacial score (nSPS) is 21.3. The van der Waals surface area contributed by atoms with Gasteiger partial charge >= 0.3 is 6.09 Å². The summed E-state index contributed by atoms with van der Waals surface area (Å²) in [5.41, 5.74) is 1.21. The van der Waals surface area contributed by atoms with E-state index in [1.165, 1.54) is 5.56 Å². The molecule has 1 atom stereocenters. The van der Waals surface area contributed by atoms with Gasteiger partial charge in [0.1, 0.15) is 23.1 Å². The second kappa shape index (κ2) is 7.36. The van der Waals surface area contributed by atoms with Crippen LogP contribution in [0.4, 0.5) is 10.6 Å². The second-order valence-electron chi connectivity index (χ2n) is 7.13. The first-order valence-electron chi connectivity index (χ1n) is 9.21. The van der Waals surface area contributed by atoms with Crippen molar-refractivity contribution in [2.75, 3.05) is 38.1 Å². The maximum atomic E-state index is 12.5. The molecule has 2 aromatic heterocycles. The smallest absolute Gasteiger partial charge is 0.410 e. The SMILES string of the molecule is Cc1csc2ncnc(N3CCC(N(C)C(=O)OC4CCNCC4)C3)c12. The van der Waals surface area contributed by atoms with Crippen LogP contribution < -0.4 is 10.2 Å². The van der Waals surface area contributed by atoms with E-state index in [0.29, 0.717) is 0 Å². The summed E-state index contributed by atoms with van der Waals surface area (Å²) in [5.74, 6) is 0.983. The first kappa shape index (κ1) is 17.5. The third-order valence-electron chi connectivity index (χ3n) is 5.39. The van der Waals surface area contributed by atoms with E-state index in [9.17, 15) is 4.79 Å². The summed E-state index contributed by atoms with van der Waals surface area (Å²) in [6.45, 7) is 5.60. The maximum absolute atomic E-state index is 12.5. The van der Waals surface area contributed by atoms with Gasteiger partial charge in [0, 0.05) is 20.1 Å². The van der Waals surface area contributed by atoms with Crippen LogP contribution in [-0.2, 0) is 4.74 Å². The van der Waals surface area contributed by atoms with Gasteiger partial charge in [0.2, 0.25) is 0 Å². The van der Waals surface area contributed by atoms with Crippen LogP contribution >= 0.6 is 11.3 Å². The van der Waals surface area contributed by atoms with Gasteiger partial charge in [-0.2, -0.15) is 0 Å². The molecule has 0 saturated carbocycles. The van der Waals surface area contributed by atoms with Crippen LogP contribution in [-0.4, -0.2) is 66.3 Å². The Morgan fingerprint density at radius 3 is 2.96 bits per heavy atom. The Morgan fingerprint density at radius 2 is 2.15 bits per heavy atom. The number of thiophene rings is 1. The van der Waals surface area contributed by atoms with E-state index in [4.69, 9.17) is 4.74 Å². The van der Waals surface area contributed by atoms with Gasteiger partial charge in [0.25, 0.3) is 0 Å². The number of amides is 1. The lowest BCUT2D eigenvalue weighted by molar-refractivity contribution is 0.0475. The quantitative estimate of drug-likeness (QED) is 0.888. The summed E-state index contributed by atoms with van der Waals surface area (Å²) in [6, 6.07) is 0.146. The topological polar surface area (TPSA) is 70.6 Å². The largest absolute Gasteiger partial charge is 0.446 e. The van der Waals surface area contributed by atoms with Crippen molar-refractivity contribution in [3.05, 3.63) is 17.3 Å². The van der Waals surface area contributed by atoms with Crippen LogP contribution in [0.1, 0.15) is 24.8 Å². The monoisotopic (exact) mass is 375 g/mol. The van der Waals surface area contributed by atoms with Gasteiger partial charge in [-0.25, -0.2) is 14.8 Å². The first-order chi connectivity index (χ1) is 12.6. The van der Waals surface area contributed by atoms with Crippen LogP contribution in [0.5, 0.6) is 0 Å². The van der Waals surface area contributed by atoms with Crippen molar-refractivity contribution in [1.82, 2.24) is 20.2 Å². The Hall–Kier alpha value is -1.93. The lowest BCUT2D eigenvalue weighted by Crippen LogP contribution is -2.42. The minimum atomic E-state index is -0.205. The number of piperidine rings is 1. The van der Waals surface area contributed by atoms with E-state index < -0.39 is 0 Å². The van der Waals surface area contributed by atoms with Crippen LogP contribution in [0.25, 0.3) is 10.2 Å². The Labute approximate surface area is 157 Å². The summed E-state index contributed by atoms with van der Waals surface area (Å²) in [4.78, 5) is 26.5. The van der Waals surface area contributed by atoms with Crippen molar-refractivity contribution < 1.29 is 9.53 Å². The third-order valence-corrected chi connectivity index (χ3v) is 6.39. The Balaban J connectivity index is 1.42. The van der Waals surface area contributed by atoms with Crippen LogP contribution in [0.2, 0.25) is 0 Å². The zero-order chi connectivity index (χ0) is 18.1. The van der Waals surface area contributed by atoms with Gasteiger partial charge in [-0.1, -0.05) is 0 Å². The van der Waals surface area contributed by atoms with Crippen LogP contribution in [0, 0.1) is 6.92 Å². The molecule has 2 saturated heterocycles. The molecule has 8 heteroatoms. The second-order valence-corrected chi connectivity index (χ2v) is 7.99. The van der Waals surface area contributed by atoms with E-state index in [0.717, 1.165) is 61.5 Å². The molecule has 7 nitrogen and oxygen atoms in total. The number of rotatable bonds is 3. The number of aromatic nitrogens is 2. The minimum absolute atomic E-state index is 0.0404. The van der Waals surface area contributed by atoms with Gasteiger partial charge in [-0.05, 0) is 50.2 Å². The van der Waals surface area contributed by atoms with Crippen LogP contribution in [0.15, 0.2) is 11.7 Å². The van der Waals surface area contributed by atoms with E-state index >= 15 is 0 Å². The van der Waals surface area contributed by atoms with Gasteiger partial charge in [-0.15, -0.1) is 11.3 Å². The van der Waals surface area contributed by atoms with Crippen LogP contribution in [0.3, 0.4) is 0 Å². The highest BCUT2D eigenvalue weighted by Gasteiger charge is 2.32. The third kappa shape index (κ3) is 3.35. The molecule has 140 valence electrons. The number of likely N-dealkylation sites (N-methyl/N-ethyl adjacent to an activating group) is 1. The molecule has 0 bridgehead atoms. The number of anilines is 1. The summed E-state index contributed by atoms with van der Waals surface area (Å²) in [6.07, 6.45) is 4.18. The molecule has 1 amide bonds. The molecule has 4 rings (SSSR count). The van der Waals surface area contributed by atoms with Gasteiger partial charge < -0.3 is 19.9 Å². The highest BCUT2D eigenvalue weighted by atomic mass is 32.1. The summed E-state index contributed by atoms with van der Waals surface area (Å²) < 4.78 is 5.69. The van der Waals surface area contributed by atoms with Gasteiger partial charge in [0.15, 0.2) is 0 Å². The number of ether oxygens (including phenoxy) is 1. The van der Waals surface area contributed by atoms with Crippen molar-refractivity contribution in [2.45, 2.75) is 38.3 Å². The average Bonchev–Trinajstić information content (AvgIpc) is 3.29. The molecular formula is C18H25N5O2S. The Kier molecular flexibility index (Phi) is 4.95. The predicted octanol–water partition coefficient (Wildman–Crippen LogP) is 2.40. The van der Waals surface area contributed by atoms with Gasteiger partial charge in [-0.3, -0.25) is 0 Å². The summed E-state index contributed by atoms with van der Waals surface area (Å²) in [5, 5.41) is 6.55. The van der Waals surface area contributed by atoms with E-state index in [2.05, 4.69) is 32.5 Å². The van der Waals surface area contributed by atoms with Crippen molar-refractivity contribution >= 4 is 33.5 Å². The molecule has 1 unspecified atom stereocenters. The van der Waals surface area contributed by atoms with Crippen molar-refractivity contribution in [3.8, 4) is 0 Å². The standard InChI is InChI=1S/C18H25N5O2S/c1-12-10-26-17-15(12)16(20-11-21-17)23-8-5-13(9-23)22(2)18(24)25-14-3-6-19-7-4-14/h10-11,13-14,19H,3-9H2,1-2H3. The molecular weight excluding hydrogens is 350 g/mol. The fraction of sp³-hybridized carbons (Fsp3) is 0.611. The van der Waals surface area contributed by atoms with Crippen molar-refractivity contribution in [1.29, 1.82) is 0 Å². The number of fused-ring (bicyclic) bond motifs is 1. The number of carbonyl (C=O) groups is 1. The first-order valence-corrected chi connectivity index (χ1v) is 10.1. The molecule has 2 aliphatic heterocycles. The highest BCUT2D eigenvalue weighted by Crippen LogP contribution is 2.33. The lowest BCUT2D eigenvalue weighted by atomic mass is 10.1. The Morgan fingerprint density at radius 1 is 1.35 bits per heavy atom. The zero-order valence-corrected chi connectivity index (χ0v) is 16.1. The number of aryl methyl sites for hydroxylation is 1. The number of hydrogen-bond acceptors (Lipinski definition) is 7. The number of nitrogens with zero attached hydrogens (tertiary/aromatic N) is 4. The molecule has 0 radical (unpaired) electrons. The van der Waals surface area contributed by atoms with Crippen molar-refractivity contribution in [2.24, 2.45) is 0 Å². The molecule has 2 fully saturated rings. The molecule has 1 N–H and O–H groups in total. The molecule has 0 spiro atoms.